The number of aliphatic hydroxyl groups excluding tert-OH is 1. The van der Waals surface area contributed by atoms with E-state index in [9.17, 15) is 19.1 Å². The number of aliphatic hydroxyl groups is 1. The maximum Gasteiger partial charge on any atom is 0.326 e. The number of hydrogen-bond acceptors (Lipinski definition) is 4. The first-order valence-corrected chi connectivity index (χ1v) is 6.02. The number of carbonyl (C=O) groups excluding carboxylic acids is 1. The van der Waals surface area contributed by atoms with Crippen molar-refractivity contribution in [2.24, 2.45) is 5.73 Å². The van der Waals surface area contributed by atoms with Crippen LogP contribution in [0, 0.1) is 5.82 Å². The molecule has 1 aromatic carbocycles. The molecule has 5 N–H and O–H groups in total. The molecule has 0 fully saturated rings. The van der Waals surface area contributed by atoms with Crippen molar-refractivity contribution in [3.05, 3.63) is 35.6 Å². The van der Waals surface area contributed by atoms with Gasteiger partial charge in [-0.05, 0) is 24.6 Å². The van der Waals surface area contributed by atoms with Gasteiger partial charge in [0.2, 0.25) is 5.91 Å². The molecule has 0 heterocycles. The second-order valence-electron chi connectivity index (χ2n) is 4.50. The average molecular weight is 284 g/mol. The second-order valence-corrected chi connectivity index (χ2v) is 4.50. The number of amides is 1. The first-order valence-electron chi connectivity index (χ1n) is 6.02. The molecule has 3 atom stereocenters. The number of benzene rings is 1. The van der Waals surface area contributed by atoms with Crippen molar-refractivity contribution in [2.75, 3.05) is 0 Å². The van der Waals surface area contributed by atoms with E-state index in [1.807, 2.05) is 0 Å². The molecule has 6 nitrogen and oxygen atoms in total. The Morgan fingerprint density at radius 2 is 1.90 bits per heavy atom. The van der Waals surface area contributed by atoms with E-state index in [-0.39, 0.29) is 6.42 Å². The SMILES string of the molecule is C[C@@H](O)[C@H](N)C(=O)N[C@@H](Cc1ccc(F)cc1)C(=O)O. The molecule has 7 heteroatoms. The van der Waals surface area contributed by atoms with Crippen LogP contribution >= 0.6 is 0 Å². The molecule has 110 valence electrons. The summed E-state index contributed by atoms with van der Waals surface area (Å²) >= 11 is 0. The predicted molar refractivity (Wildman–Crippen MR) is 69.3 cm³/mol. The normalized spacial score (nSPS) is 15.2. The van der Waals surface area contributed by atoms with Gasteiger partial charge in [-0.25, -0.2) is 9.18 Å². The fourth-order valence-electron chi connectivity index (χ4n) is 1.54. The molecule has 0 radical (unpaired) electrons. The Labute approximate surface area is 115 Å². The van der Waals surface area contributed by atoms with Crippen LogP contribution in [0.2, 0.25) is 0 Å². The minimum Gasteiger partial charge on any atom is -0.480 e. The van der Waals surface area contributed by atoms with Crippen LogP contribution in [0.1, 0.15) is 12.5 Å². The number of rotatable bonds is 6. The van der Waals surface area contributed by atoms with Crippen LogP contribution in [0.4, 0.5) is 4.39 Å². The smallest absolute Gasteiger partial charge is 0.326 e. The number of carbonyl (C=O) groups is 2. The molecule has 20 heavy (non-hydrogen) atoms. The molecule has 0 unspecified atom stereocenters. The molecule has 0 spiro atoms. The zero-order chi connectivity index (χ0) is 15.3. The van der Waals surface area contributed by atoms with Crippen LogP contribution in [0.3, 0.4) is 0 Å². The van der Waals surface area contributed by atoms with E-state index in [1.165, 1.54) is 31.2 Å². The Bertz CT molecular complexity index is 476. The van der Waals surface area contributed by atoms with Crippen molar-refractivity contribution in [1.82, 2.24) is 5.32 Å². The van der Waals surface area contributed by atoms with Crippen molar-refractivity contribution < 1.29 is 24.2 Å². The molecular formula is C13H17FN2O4. The minimum atomic E-state index is -1.24. The highest BCUT2D eigenvalue weighted by molar-refractivity contribution is 5.87. The lowest BCUT2D eigenvalue weighted by atomic mass is 10.0. The van der Waals surface area contributed by atoms with Gasteiger partial charge in [-0.1, -0.05) is 12.1 Å². The quantitative estimate of drug-likeness (QED) is 0.570. The lowest BCUT2D eigenvalue weighted by Crippen LogP contribution is -2.52. The van der Waals surface area contributed by atoms with E-state index in [4.69, 9.17) is 10.8 Å². The first-order chi connectivity index (χ1) is 9.31. The molecule has 0 saturated carbocycles. The topological polar surface area (TPSA) is 113 Å². The Kier molecular flexibility index (Phi) is 5.60. The third-order valence-corrected chi connectivity index (χ3v) is 2.79. The van der Waals surface area contributed by atoms with Crippen LogP contribution in [0.25, 0.3) is 0 Å². The van der Waals surface area contributed by atoms with Crippen molar-refractivity contribution >= 4 is 11.9 Å². The van der Waals surface area contributed by atoms with Gasteiger partial charge in [0.1, 0.15) is 17.9 Å². The maximum absolute atomic E-state index is 12.8. The summed E-state index contributed by atoms with van der Waals surface area (Å²) in [5, 5.41) is 20.5. The summed E-state index contributed by atoms with van der Waals surface area (Å²) < 4.78 is 12.8. The van der Waals surface area contributed by atoms with Gasteiger partial charge in [0.05, 0.1) is 6.10 Å². The lowest BCUT2D eigenvalue weighted by molar-refractivity contribution is -0.142. The van der Waals surface area contributed by atoms with Gasteiger partial charge in [0.15, 0.2) is 0 Å². The number of nitrogens with one attached hydrogen (secondary N) is 1. The number of carboxylic acids is 1. The van der Waals surface area contributed by atoms with E-state index in [2.05, 4.69) is 5.32 Å². The number of nitrogens with two attached hydrogens (primary N) is 1. The van der Waals surface area contributed by atoms with Crippen LogP contribution in [0.15, 0.2) is 24.3 Å². The third-order valence-electron chi connectivity index (χ3n) is 2.79. The largest absolute Gasteiger partial charge is 0.480 e. The Morgan fingerprint density at radius 3 is 2.35 bits per heavy atom. The van der Waals surface area contributed by atoms with Gasteiger partial charge in [-0.2, -0.15) is 0 Å². The predicted octanol–water partition coefficient (Wildman–Crippen LogP) is -0.354. The lowest BCUT2D eigenvalue weighted by Gasteiger charge is -2.19. The third kappa shape index (κ3) is 4.60. The van der Waals surface area contributed by atoms with E-state index in [0.29, 0.717) is 5.56 Å². The number of aliphatic carboxylic acids is 1. The summed E-state index contributed by atoms with van der Waals surface area (Å²) in [6.07, 6.45) is -1.09. The average Bonchev–Trinajstić information content (AvgIpc) is 2.39. The summed E-state index contributed by atoms with van der Waals surface area (Å²) in [4.78, 5) is 22.7. The van der Waals surface area contributed by atoms with Gasteiger partial charge < -0.3 is 21.3 Å². The first kappa shape index (κ1) is 16.1. The van der Waals surface area contributed by atoms with Gasteiger partial charge in [-0.15, -0.1) is 0 Å². The number of halogens is 1. The van der Waals surface area contributed by atoms with Crippen molar-refractivity contribution in [3.8, 4) is 0 Å². The van der Waals surface area contributed by atoms with E-state index in [0.717, 1.165) is 0 Å². The van der Waals surface area contributed by atoms with Crippen LogP contribution in [-0.4, -0.2) is 40.3 Å². The molecule has 0 bridgehead atoms. The molecule has 1 aromatic rings. The van der Waals surface area contributed by atoms with Crippen molar-refractivity contribution in [2.45, 2.75) is 31.5 Å². The van der Waals surface area contributed by atoms with E-state index in [1.54, 1.807) is 0 Å². The number of hydrogen-bond donors (Lipinski definition) is 4. The van der Waals surface area contributed by atoms with E-state index >= 15 is 0 Å². The van der Waals surface area contributed by atoms with Gasteiger partial charge in [0, 0.05) is 6.42 Å². The number of carboxylic acid groups (broad SMARTS) is 1. The molecular weight excluding hydrogens is 267 g/mol. The summed E-state index contributed by atoms with van der Waals surface area (Å²) in [7, 11) is 0. The summed E-state index contributed by atoms with van der Waals surface area (Å²) in [6.45, 7) is 1.33. The summed E-state index contributed by atoms with van der Waals surface area (Å²) in [5.41, 5.74) is 5.98. The molecule has 0 saturated heterocycles. The fourth-order valence-corrected chi connectivity index (χ4v) is 1.54. The summed E-state index contributed by atoms with van der Waals surface area (Å²) in [6, 6.07) is 2.88. The monoisotopic (exact) mass is 284 g/mol. The standard InChI is InChI=1S/C13H17FN2O4/c1-7(17)11(15)12(18)16-10(13(19)20)6-8-2-4-9(14)5-3-8/h2-5,7,10-11,17H,6,15H2,1H3,(H,16,18)(H,19,20)/t7-,10+,11+/m1/s1. The Balaban J connectivity index is 2.72. The Morgan fingerprint density at radius 1 is 1.35 bits per heavy atom. The summed E-state index contributed by atoms with van der Waals surface area (Å²) in [5.74, 6) is -2.42. The zero-order valence-electron chi connectivity index (χ0n) is 10.9. The molecule has 0 aliphatic carbocycles. The van der Waals surface area contributed by atoms with Crippen molar-refractivity contribution in [3.63, 3.8) is 0 Å². The molecule has 1 amide bonds. The Hall–Kier alpha value is -1.99. The molecule has 0 aliphatic rings. The van der Waals surface area contributed by atoms with Gasteiger partial charge >= 0.3 is 5.97 Å². The second kappa shape index (κ2) is 6.97. The zero-order valence-corrected chi connectivity index (χ0v) is 10.9. The van der Waals surface area contributed by atoms with Gasteiger partial charge in [-0.3, -0.25) is 4.79 Å². The molecule has 0 aromatic heterocycles. The molecule has 1 rings (SSSR count). The van der Waals surface area contributed by atoms with Crippen LogP contribution in [-0.2, 0) is 16.0 Å². The fraction of sp³-hybridized carbons (Fsp3) is 0.385. The highest BCUT2D eigenvalue weighted by Crippen LogP contribution is 2.06. The van der Waals surface area contributed by atoms with Crippen molar-refractivity contribution in [1.29, 1.82) is 0 Å². The highest BCUT2D eigenvalue weighted by Gasteiger charge is 2.25. The van der Waals surface area contributed by atoms with Crippen LogP contribution < -0.4 is 11.1 Å². The van der Waals surface area contributed by atoms with Gasteiger partial charge in [0.25, 0.3) is 0 Å². The minimum absolute atomic E-state index is 0.00607. The molecule has 0 aliphatic heterocycles. The maximum atomic E-state index is 12.8. The van der Waals surface area contributed by atoms with Crippen LogP contribution in [0.5, 0.6) is 0 Å². The highest BCUT2D eigenvalue weighted by atomic mass is 19.1. The van der Waals surface area contributed by atoms with E-state index < -0.39 is 35.9 Å².